The average Bonchev–Trinajstić information content (AvgIpc) is 3.20. The van der Waals surface area contributed by atoms with Gasteiger partial charge in [-0.05, 0) is 36.6 Å². The molecule has 26 heavy (non-hydrogen) atoms. The summed E-state index contributed by atoms with van der Waals surface area (Å²) in [6, 6.07) is 9.79. The Morgan fingerprint density at radius 1 is 1.27 bits per heavy atom. The molecule has 0 saturated carbocycles. The lowest BCUT2D eigenvalue weighted by molar-refractivity contribution is -0.385. The molecule has 1 amide bonds. The molecule has 0 bridgehead atoms. The molecule has 2 aromatic rings. The number of carbonyl (C=O) groups is 1. The zero-order chi connectivity index (χ0) is 18.4. The Morgan fingerprint density at radius 2 is 2.04 bits per heavy atom. The van der Waals surface area contributed by atoms with Gasteiger partial charge in [0.2, 0.25) is 0 Å². The van der Waals surface area contributed by atoms with Gasteiger partial charge in [0.15, 0.2) is 12.4 Å². The number of carbonyl (C=O) groups excluding carboxylic acids is 1. The van der Waals surface area contributed by atoms with Crippen LogP contribution in [0.5, 0.6) is 5.75 Å². The summed E-state index contributed by atoms with van der Waals surface area (Å²) in [5, 5.41) is 13.7. The molecule has 2 heterocycles. The quantitative estimate of drug-likeness (QED) is 0.604. The summed E-state index contributed by atoms with van der Waals surface area (Å²) in [5.74, 6) is 0.654. The minimum Gasteiger partial charge on any atom is -0.477 e. The Labute approximate surface area is 150 Å². The molecule has 3 rings (SSSR count). The van der Waals surface area contributed by atoms with Crippen molar-refractivity contribution in [1.82, 2.24) is 10.3 Å². The maximum absolute atomic E-state index is 12.0. The fraction of sp³-hybridized carbons (Fsp3) is 0.333. The third-order valence-electron chi connectivity index (χ3n) is 4.15. The van der Waals surface area contributed by atoms with Crippen LogP contribution in [0.2, 0.25) is 0 Å². The van der Waals surface area contributed by atoms with E-state index in [4.69, 9.17) is 4.74 Å². The highest BCUT2D eigenvalue weighted by Crippen LogP contribution is 2.25. The topological polar surface area (TPSA) is 97.6 Å². The van der Waals surface area contributed by atoms with E-state index in [0.29, 0.717) is 6.54 Å². The molecule has 0 radical (unpaired) electrons. The van der Waals surface area contributed by atoms with Crippen LogP contribution in [0.4, 0.5) is 11.5 Å². The minimum absolute atomic E-state index is 0.0767. The maximum Gasteiger partial charge on any atom is 0.310 e. The van der Waals surface area contributed by atoms with Crippen molar-refractivity contribution in [3.63, 3.8) is 0 Å². The molecule has 1 N–H and O–H groups in total. The van der Waals surface area contributed by atoms with Gasteiger partial charge in [0, 0.05) is 31.9 Å². The van der Waals surface area contributed by atoms with E-state index in [2.05, 4.69) is 15.2 Å². The first-order valence-corrected chi connectivity index (χ1v) is 8.46. The van der Waals surface area contributed by atoms with Crippen molar-refractivity contribution >= 4 is 17.4 Å². The highest BCUT2D eigenvalue weighted by Gasteiger charge is 2.15. The molecule has 1 fully saturated rings. The molecule has 1 saturated heterocycles. The SMILES string of the molecule is O=C(COc1ccccc1[N+](=O)[O-])NCc1ccnc(N2CCCC2)c1. The van der Waals surface area contributed by atoms with Crippen molar-refractivity contribution in [3.05, 3.63) is 58.3 Å². The fourth-order valence-corrected chi connectivity index (χ4v) is 2.81. The third kappa shape index (κ3) is 4.47. The zero-order valence-corrected chi connectivity index (χ0v) is 14.3. The summed E-state index contributed by atoms with van der Waals surface area (Å²) in [7, 11) is 0. The summed E-state index contributed by atoms with van der Waals surface area (Å²) in [6.45, 7) is 2.08. The van der Waals surface area contributed by atoms with Crippen LogP contribution >= 0.6 is 0 Å². The largest absolute Gasteiger partial charge is 0.477 e. The van der Waals surface area contributed by atoms with Crippen LogP contribution in [0.25, 0.3) is 0 Å². The Hall–Kier alpha value is -3.16. The van der Waals surface area contributed by atoms with Gasteiger partial charge in [-0.15, -0.1) is 0 Å². The van der Waals surface area contributed by atoms with Crippen molar-refractivity contribution in [2.45, 2.75) is 19.4 Å². The lowest BCUT2D eigenvalue weighted by Crippen LogP contribution is -2.28. The van der Waals surface area contributed by atoms with Crippen molar-refractivity contribution in [2.75, 3.05) is 24.6 Å². The number of anilines is 1. The molecule has 1 aliphatic rings. The molecule has 8 heteroatoms. The van der Waals surface area contributed by atoms with Crippen LogP contribution in [0.15, 0.2) is 42.6 Å². The summed E-state index contributed by atoms with van der Waals surface area (Å²) in [4.78, 5) is 29.0. The van der Waals surface area contributed by atoms with E-state index in [-0.39, 0.29) is 24.0 Å². The Balaban J connectivity index is 1.52. The number of aromatic nitrogens is 1. The van der Waals surface area contributed by atoms with Crippen LogP contribution in [0, 0.1) is 10.1 Å². The molecule has 0 unspecified atom stereocenters. The molecule has 1 aliphatic heterocycles. The second-order valence-electron chi connectivity index (χ2n) is 6.01. The predicted octanol–water partition coefficient (Wildman–Crippen LogP) is 2.29. The van der Waals surface area contributed by atoms with Crippen molar-refractivity contribution < 1.29 is 14.5 Å². The van der Waals surface area contributed by atoms with E-state index < -0.39 is 4.92 Å². The first-order chi connectivity index (χ1) is 12.6. The van der Waals surface area contributed by atoms with Crippen LogP contribution in [0.3, 0.4) is 0 Å². The number of nitro groups is 1. The molecule has 0 spiro atoms. The highest BCUT2D eigenvalue weighted by atomic mass is 16.6. The normalized spacial score (nSPS) is 13.5. The number of rotatable bonds is 7. The van der Waals surface area contributed by atoms with Crippen LogP contribution in [-0.4, -0.2) is 35.5 Å². The van der Waals surface area contributed by atoms with Gasteiger partial charge >= 0.3 is 5.69 Å². The third-order valence-corrected chi connectivity index (χ3v) is 4.15. The van der Waals surface area contributed by atoms with Gasteiger partial charge < -0.3 is 15.0 Å². The Bertz CT molecular complexity index is 790. The zero-order valence-electron chi connectivity index (χ0n) is 14.3. The molecule has 8 nitrogen and oxygen atoms in total. The van der Waals surface area contributed by atoms with Gasteiger partial charge in [0.1, 0.15) is 5.82 Å². The van der Waals surface area contributed by atoms with Crippen LogP contribution in [0.1, 0.15) is 18.4 Å². The fourth-order valence-electron chi connectivity index (χ4n) is 2.81. The number of amides is 1. The Kier molecular flexibility index (Phi) is 5.62. The second kappa shape index (κ2) is 8.28. The number of nitrogens with zero attached hydrogens (tertiary/aromatic N) is 3. The Morgan fingerprint density at radius 3 is 2.81 bits per heavy atom. The number of hydrogen-bond donors (Lipinski definition) is 1. The number of nitrogens with one attached hydrogen (secondary N) is 1. The molecular formula is C18H20N4O4. The monoisotopic (exact) mass is 356 g/mol. The number of hydrogen-bond acceptors (Lipinski definition) is 6. The number of para-hydroxylation sites is 2. The smallest absolute Gasteiger partial charge is 0.310 e. The van der Waals surface area contributed by atoms with E-state index in [1.165, 1.54) is 25.0 Å². The van der Waals surface area contributed by atoms with Crippen LogP contribution < -0.4 is 15.0 Å². The van der Waals surface area contributed by atoms with Crippen molar-refractivity contribution in [2.24, 2.45) is 0 Å². The first-order valence-electron chi connectivity index (χ1n) is 8.46. The summed E-state index contributed by atoms with van der Waals surface area (Å²) >= 11 is 0. The average molecular weight is 356 g/mol. The minimum atomic E-state index is -0.538. The summed E-state index contributed by atoms with van der Waals surface area (Å²) in [6.07, 6.45) is 4.08. The molecule has 1 aromatic carbocycles. The van der Waals surface area contributed by atoms with E-state index in [1.54, 1.807) is 18.3 Å². The van der Waals surface area contributed by atoms with E-state index >= 15 is 0 Å². The van der Waals surface area contributed by atoms with Gasteiger partial charge in [-0.1, -0.05) is 12.1 Å². The molecule has 0 aliphatic carbocycles. The lowest BCUT2D eigenvalue weighted by Gasteiger charge is -2.17. The molecular weight excluding hydrogens is 336 g/mol. The lowest BCUT2D eigenvalue weighted by atomic mass is 10.2. The number of pyridine rings is 1. The summed E-state index contributed by atoms with van der Waals surface area (Å²) in [5.41, 5.74) is 0.783. The van der Waals surface area contributed by atoms with Crippen molar-refractivity contribution in [1.29, 1.82) is 0 Å². The molecule has 136 valence electrons. The number of ether oxygens (including phenoxy) is 1. The summed E-state index contributed by atoms with van der Waals surface area (Å²) < 4.78 is 5.28. The van der Waals surface area contributed by atoms with E-state index in [1.807, 2.05) is 12.1 Å². The van der Waals surface area contributed by atoms with Gasteiger partial charge in [-0.3, -0.25) is 14.9 Å². The highest BCUT2D eigenvalue weighted by molar-refractivity contribution is 5.77. The van der Waals surface area contributed by atoms with Crippen molar-refractivity contribution in [3.8, 4) is 5.75 Å². The van der Waals surface area contributed by atoms with E-state index in [0.717, 1.165) is 24.5 Å². The van der Waals surface area contributed by atoms with Gasteiger partial charge in [0.05, 0.1) is 4.92 Å². The van der Waals surface area contributed by atoms with E-state index in [9.17, 15) is 14.9 Å². The standard InChI is InChI=1S/C18H20N4O4/c23-18(13-26-16-6-2-1-5-15(16)22(24)25)20-12-14-7-8-19-17(11-14)21-9-3-4-10-21/h1-2,5-8,11H,3-4,9-10,12-13H2,(H,20,23). The predicted molar refractivity (Wildman–Crippen MR) is 96.1 cm³/mol. The number of benzene rings is 1. The number of nitro benzene ring substituents is 1. The maximum atomic E-state index is 12.0. The molecule has 1 aromatic heterocycles. The molecule has 0 atom stereocenters. The second-order valence-corrected chi connectivity index (χ2v) is 6.01. The van der Waals surface area contributed by atoms with Gasteiger partial charge in [0.25, 0.3) is 5.91 Å². The van der Waals surface area contributed by atoms with Crippen LogP contribution in [-0.2, 0) is 11.3 Å². The van der Waals surface area contributed by atoms with Gasteiger partial charge in [-0.2, -0.15) is 0 Å². The van der Waals surface area contributed by atoms with Gasteiger partial charge in [-0.25, -0.2) is 4.98 Å². The first kappa shape index (κ1) is 17.7.